The molecule has 3 heterocycles. The third-order valence-electron chi connectivity index (χ3n) is 4.02. The molecule has 0 aliphatic carbocycles. The molecule has 0 N–H and O–H groups in total. The van der Waals surface area contributed by atoms with Crippen molar-refractivity contribution >= 4 is 16.7 Å². The molecule has 0 unspecified atom stereocenters. The summed E-state index contributed by atoms with van der Waals surface area (Å²) in [5.74, 6) is 0.860. The number of hydrogen-bond acceptors (Lipinski definition) is 4. The van der Waals surface area contributed by atoms with Gasteiger partial charge in [0.05, 0.1) is 29.2 Å². The molecule has 5 heteroatoms. The van der Waals surface area contributed by atoms with Crippen LogP contribution < -0.4 is 4.90 Å². The highest BCUT2D eigenvalue weighted by Gasteiger charge is 2.14. The molecule has 4 rings (SSSR count). The van der Waals surface area contributed by atoms with Crippen molar-refractivity contribution in [1.29, 1.82) is 0 Å². The standard InChI is InChI=1S/C19H18N4O/c1-22(2)18-11-17(14-7-4-3-5-8-14)21-19-16(18)12-20-23(19)13-15-9-6-10-24-15/h3-12H,13H2,1-2H3. The molecule has 0 aliphatic heterocycles. The fraction of sp³-hybridized carbons (Fsp3) is 0.158. The monoisotopic (exact) mass is 318 g/mol. The van der Waals surface area contributed by atoms with Gasteiger partial charge in [0.2, 0.25) is 0 Å². The summed E-state index contributed by atoms with van der Waals surface area (Å²) in [5.41, 5.74) is 3.99. The number of benzene rings is 1. The Kier molecular flexibility index (Phi) is 3.54. The average molecular weight is 318 g/mol. The minimum atomic E-state index is 0.564. The maximum absolute atomic E-state index is 5.45. The zero-order chi connectivity index (χ0) is 16.5. The largest absolute Gasteiger partial charge is 0.467 e. The summed E-state index contributed by atoms with van der Waals surface area (Å²) < 4.78 is 7.33. The second kappa shape index (κ2) is 5.85. The van der Waals surface area contributed by atoms with Gasteiger partial charge in [0.25, 0.3) is 0 Å². The van der Waals surface area contributed by atoms with E-state index in [0.717, 1.165) is 33.7 Å². The van der Waals surface area contributed by atoms with Crippen LogP contribution in [-0.2, 0) is 6.54 Å². The van der Waals surface area contributed by atoms with Crippen LogP contribution in [0, 0.1) is 0 Å². The normalized spacial score (nSPS) is 11.1. The lowest BCUT2D eigenvalue weighted by molar-refractivity contribution is 0.483. The SMILES string of the molecule is CN(C)c1cc(-c2ccccc2)nc2c1cnn2Cc1ccco1. The van der Waals surface area contributed by atoms with Crippen molar-refractivity contribution in [1.82, 2.24) is 14.8 Å². The second-order valence-corrected chi connectivity index (χ2v) is 5.91. The zero-order valence-electron chi connectivity index (χ0n) is 13.7. The van der Waals surface area contributed by atoms with E-state index < -0.39 is 0 Å². The average Bonchev–Trinajstić information content (AvgIpc) is 3.25. The van der Waals surface area contributed by atoms with Crippen LogP contribution in [-0.4, -0.2) is 28.9 Å². The third kappa shape index (κ3) is 2.54. The summed E-state index contributed by atoms with van der Waals surface area (Å²) in [7, 11) is 4.07. The first-order valence-corrected chi connectivity index (χ1v) is 7.84. The molecule has 5 nitrogen and oxygen atoms in total. The molecule has 0 aliphatic rings. The number of nitrogens with zero attached hydrogens (tertiary/aromatic N) is 4. The maximum Gasteiger partial charge on any atom is 0.160 e. The Labute approximate surface area is 140 Å². The number of hydrogen-bond donors (Lipinski definition) is 0. The van der Waals surface area contributed by atoms with E-state index in [9.17, 15) is 0 Å². The molecule has 120 valence electrons. The van der Waals surface area contributed by atoms with E-state index in [1.807, 2.05) is 55.3 Å². The molecule has 0 saturated heterocycles. The molecule has 0 amide bonds. The van der Waals surface area contributed by atoms with E-state index in [1.54, 1.807) is 6.26 Å². The molecule has 24 heavy (non-hydrogen) atoms. The fourth-order valence-electron chi connectivity index (χ4n) is 2.82. The van der Waals surface area contributed by atoms with Crippen LogP contribution in [0.1, 0.15) is 5.76 Å². The number of anilines is 1. The maximum atomic E-state index is 5.45. The molecule has 0 bridgehead atoms. The van der Waals surface area contributed by atoms with E-state index in [2.05, 4.69) is 28.2 Å². The highest BCUT2D eigenvalue weighted by atomic mass is 16.3. The van der Waals surface area contributed by atoms with Gasteiger partial charge in [-0.2, -0.15) is 5.10 Å². The Hall–Kier alpha value is -3.08. The van der Waals surface area contributed by atoms with Crippen molar-refractivity contribution in [3.63, 3.8) is 0 Å². The zero-order valence-corrected chi connectivity index (χ0v) is 13.7. The third-order valence-corrected chi connectivity index (χ3v) is 4.02. The van der Waals surface area contributed by atoms with Crippen molar-refractivity contribution in [2.24, 2.45) is 0 Å². The molecule has 0 fully saturated rings. The van der Waals surface area contributed by atoms with Gasteiger partial charge in [-0.1, -0.05) is 30.3 Å². The Morgan fingerprint density at radius 1 is 1.08 bits per heavy atom. The Balaban J connectivity index is 1.89. The summed E-state index contributed by atoms with van der Waals surface area (Å²) in [6, 6.07) is 16.1. The van der Waals surface area contributed by atoms with Crippen LogP contribution in [0.2, 0.25) is 0 Å². The van der Waals surface area contributed by atoms with Crippen LogP contribution in [0.5, 0.6) is 0 Å². The highest BCUT2D eigenvalue weighted by Crippen LogP contribution is 2.30. The van der Waals surface area contributed by atoms with Crippen molar-refractivity contribution < 1.29 is 4.42 Å². The van der Waals surface area contributed by atoms with E-state index in [0.29, 0.717) is 6.54 Å². The highest BCUT2D eigenvalue weighted by molar-refractivity contribution is 5.92. The predicted octanol–water partition coefficient (Wildman–Crippen LogP) is 3.81. The number of furan rings is 1. The van der Waals surface area contributed by atoms with E-state index in [-0.39, 0.29) is 0 Å². The van der Waals surface area contributed by atoms with Gasteiger partial charge in [0.1, 0.15) is 12.3 Å². The van der Waals surface area contributed by atoms with Crippen LogP contribution in [0.25, 0.3) is 22.3 Å². The van der Waals surface area contributed by atoms with Gasteiger partial charge >= 0.3 is 0 Å². The predicted molar refractivity (Wildman–Crippen MR) is 95.1 cm³/mol. The summed E-state index contributed by atoms with van der Waals surface area (Å²) in [4.78, 5) is 6.95. The van der Waals surface area contributed by atoms with Gasteiger partial charge < -0.3 is 9.32 Å². The van der Waals surface area contributed by atoms with Crippen molar-refractivity contribution in [2.75, 3.05) is 19.0 Å². The number of aromatic nitrogens is 3. The number of rotatable bonds is 4. The first kappa shape index (κ1) is 14.5. The number of pyridine rings is 1. The second-order valence-electron chi connectivity index (χ2n) is 5.91. The minimum Gasteiger partial charge on any atom is -0.467 e. The molecule has 3 aromatic heterocycles. The van der Waals surface area contributed by atoms with Gasteiger partial charge in [0, 0.05) is 19.7 Å². The smallest absolute Gasteiger partial charge is 0.160 e. The molecular formula is C19H18N4O. The molecule has 0 saturated carbocycles. The molecule has 0 spiro atoms. The topological polar surface area (TPSA) is 47.1 Å². The Bertz CT molecular complexity index is 956. The summed E-state index contributed by atoms with van der Waals surface area (Å²) in [6.07, 6.45) is 3.55. The van der Waals surface area contributed by atoms with Crippen molar-refractivity contribution in [2.45, 2.75) is 6.54 Å². The summed E-state index contributed by atoms with van der Waals surface area (Å²) in [5, 5.41) is 5.55. The van der Waals surface area contributed by atoms with Crippen LogP contribution in [0.3, 0.4) is 0 Å². The Morgan fingerprint density at radius 2 is 1.92 bits per heavy atom. The van der Waals surface area contributed by atoms with Crippen LogP contribution in [0.15, 0.2) is 65.4 Å². The van der Waals surface area contributed by atoms with Gasteiger partial charge in [0.15, 0.2) is 5.65 Å². The van der Waals surface area contributed by atoms with Gasteiger partial charge in [-0.3, -0.25) is 0 Å². The molecule has 1 aromatic carbocycles. The van der Waals surface area contributed by atoms with Crippen molar-refractivity contribution in [3.8, 4) is 11.3 Å². The Morgan fingerprint density at radius 3 is 2.62 bits per heavy atom. The lowest BCUT2D eigenvalue weighted by Crippen LogP contribution is -2.10. The van der Waals surface area contributed by atoms with Crippen LogP contribution >= 0.6 is 0 Å². The lowest BCUT2D eigenvalue weighted by Gasteiger charge is -2.15. The molecule has 0 atom stereocenters. The van der Waals surface area contributed by atoms with E-state index >= 15 is 0 Å². The molecular weight excluding hydrogens is 300 g/mol. The fourth-order valence-corrected chi connectivity index (χ4v) is 2.82. The van der Waals surface area contributed by atoms with Gasteiger partial charge in [-0.25, -0.2) is 9.67 Å². The summed E-state index contributed by atoms with van der Waals surface area (Å²) in [6.45, 7) is 0.564. The van der Waals surface area contributed by atoms with Gasteiger partial charge in [-0.05, 0) is 18.2 Å². The summed E-state index contributed by atoms with van der Waals surface area (Å²) >= 11 is 0. The quantitative estimate of drug-likeness (QED) is 0.574. The number of fused-ring (bicyclic) bond motifs is 1. The first-order valence-electron chi connectivity index (χ1n) is 7.84. The van der Waals surface area contributed by atoms with Gasteiger partial charge in [-0.15, -0.1) is 0 Å². The lowest BCUT2D eigenvalue weighted by atomic mass is 10.1. The van der Waals surface area contributed by atoms with Crippen LogP contribution in [0.4, 0.5) is 5.69 Å². The molecule has 4 aromatic rings. The van der Waals surface area contributed by atoms with E-state index in [4.69, 9.17) is 9.40 Å². The minimum absolute atomic E-state index is 0.564. The van der Waals surface area contributed by atoms with E-state index in [1.165, 1.54) is 0 Å². The molecule has 0 radical (unpaired) electrons. The first-order chi connectivity index (χ1) is 11.7. The van der Waals surface area contributed by atoms with Crippen molar-refractivity contribution in [3.05, 3.63) is 66.8 Å².